The molecule has 0 radical (unpaired) electrons. The highest BCUT2D eigenvalue weighted by Gasteiger charge is 2.08. The second-order valence-corrected chi connectivity index (χ2v) is 4.52. The van der Waals surface area contributed by atoms with Crippen LogP contribution in [-0.2, 0) is 0 Å². The molecule has 0 aliphatic carbocycles. The monoisotopic (exact) mass is 301 g/mol. The summed E-state index contributed by atoms with van der Waals surface area (Å²) in [5.74, 6) is -0.345. The number of halogens is 3. The lowest BCUT2D eigenvalue weighted by Crippen LogP contribution is -1.87. The smallest absolute Gasteiger partial charge is 0.137 e. The van der Waals surface area contributed by atoms with Gasteiger partial charge in [0, 0.05) is 5.57 Å². The number of benzene rings is 1. The molecule has 0 amide bonds. The molecular weight excluding hydrogens is 292 g/mol. The van der Waals surface area contributed by atoms with Gasteiger partial charge < -0.3 is 0 Å². The predicted molar refractivity (Wildman–Crippen MR) is 67.4 cm³/mol. The Bertz CT molecular complexity index is 463. The van der Waals surface area contributed by atoms with Gasteiger partial charge in [-0.15, -0.1) is 0 Å². The van der Waals surface area contributed by atoms with Crippen LogP contribution in [0.2, 0.25) is 0 Å². The van der Waals surface area contributed by atoms with Crippen molar-refractivity contribution in [2.24, 2.45) is 0 Å². The zero-order chi connectivity index (χ0) is 12.1. The third-order valence-electron chi connectivity index (χ3n) is 2.07. The van der Waals surface area contributed by atoms with Crippen molar-refractivity contribution in [2.45, 2.75) is 19.8 Å². The van der Waals surface area contributed by atoms with Gasteiger partial charge in [0.15, 0.2) is 0 Å². The van der Waals surface area contributed by atoms with E-state index in [9.17, 15) is 4.39 Å². The van der Waals surface area contributed by atoms with E-state index in [-0.39, 0.29) is 5.82 Å². The molecule has 84 valence electrons. The van der Waals surface area contributed by atoms with Crippen molar-refractivity contribution in [3.05, 3.63) is 39.6 Å². The summed E-state index contributed by atoms with van der Waals surface area (Å²) in [6.07, 6.45) is 1.48. The number of hydrogen-bond donors (Lipinski definition) is 0. The predicted octanol–water partition coefficient (Wildman–Crippen LogP) is 4.86. The standard InChI is InChI=1S/C12H10BrClFN/c1-2-3-9(7-16)12(14)8-4-5-11(15)10(13)6-8/h4-6H,2-3H2,1H3/b12-9-. The summed E-state index contributed by atoms with van der Waals surface area (Å²) in [6, 6.07) is 6.54. The molecular formula is C12H10BrClFN. The molecule has 1 aromatic carbocycles. The minimum Gasteiger partial charge on any atom is -0.206 e. The number of nitriles is 1. The summed E-state index contributed by atoms with van der Waals surface area (Å²) in [6.45, 7) is 1.97. The van der Waals surface area contributed by atoms with Crippen LogP contribution < -0.4 is 0 Å². The zero-order valence-corrected chi connectivity index (χ0v) is 11.1. The van der Waals surface area contributed by atoms with Crippen LogP contribution in [0.4, 0.5) is 4.39 Å². The molecule has 0 aliphatic rings. The largest absolute Gasteiger partial charge is 0.206 e. The number of hydrogen-bond acceptors (Lipinski definition) is 1. The average molecular weight is 303 g/mol. The van der Waals surface area contributed by atoms with Crippen molar-refractivity contribution in [2.75, 3.05) is 0 Å². The lowest BCUT2D eigenvalue weighted by Gasteiger charge is -2.04. The Morgan fingerprint density at radius 3 is 2.75 bits per heavy atom. The fourth-order valence-electron chi connectivity index (χ4n) is 1.27. The minimum atomic E-state index is -0.345. The summed E-state index contributed by atoms with van der Waals surface area (Å²) in [5, 5.41) is 9.33. The third-order valence-corrected chi connectivity index (χ3v) is 3.13. The maximum absolute atomic E-state index is 13.0. The maximum Gasteiger partial charge on any atom is 0.137 e. The average Bonchev–Trinajstić information content (AvgIpc) is 2.28. The normalized spacial score (nSPS) is 11.9. The highest BCUT2D eigenvalue weighted by atomic mass is 79.9. The van der Waals surface area contributed by atoms with Gasteiger partial charge in [0.05, 0.1) is 15.6 Å². The molecule has 1 aromatic rings. The first-order valence-electron chi connectivity index (χ1n) is 4.84. The van der Waals surface area contributed by atoms with Crippen molar-refractivity contribution < 1.29 is 4.39 Å². The quantitative estimate of drug-likeness (QED) is 0.731. The van der Waals surface area contributed by atoms with E-state index in [0.29, 0.717) is 27.1 Å². The van der Waals surface area contributed by atoms with Crippen LogP contribution in [0.25, 0.3) is 5.03 Å². The number of rotatable bonds is 3. The Morgan fingerprint density at radius 1 is 1.56 bits per heavy atom. The van der Waals surface area contributed by atoms with Crippen molar-refractivity contribution >= 4 is 32.6 Å². The van der Waals surface area contributed by atoms with E-state index >= 15 is 0 Å². The SMILES string of the molecule is CCC/C(C#N)=C(/Cl)c1ccc(F)c(Br)c1. The van der Waals surface area contributed by atoms with Crippen LogP contribution in [0.15, 0.2) is 28.2 Å². The molecule has 1 rings (SSSR count). The Kier molecular flexibility index (Phi) is 4.98. The van der Waals surface area contributed by atoms with E-state index in [1.54, 1.807) is 12.1 Å². The molecule has 0 saturated heterocycles. The first-order valence-corrected chi connectivity index (χ1v) is 6.01. The van der Waals surface area contributed by atoms with E-state index in [4.69, 9.17) is 16.9 Å². The first-order chi connectivity index (χ1) is 7.60. The molecule has 0 heterocycles. The van der Waals surface area contributed by atoms with Crippen LogP contribution in [0.3, 0.4) is 0 Å². The first kappa shape index (κ1) is 13.2. The topological polar surface area (TPSA) is 23.8 Å². The number of allylic oxidation sites excluding steroid dienone is 1. The molecule has 0 fully saturated rings. The molecule has 4 heteroatoms. The van der Waals surface area contributed by atoms with Crippen LogP contribution in [-0.4, -0.2) is 0 Å². The molecule has 1 nitrogen and oxygen atoms in total. The molecule has 0 aromatic heterocycles. The van der Waals surface area contributed by atoms with Crippen molar-refractivity contribution in [1.82, 2.24) is 0 Å². The molecule has 0 atom stereocenters. The van der Waals surface area contributed by atoms with Gasteiger partial charge in [-0.05, 0) is 40.0 Å². The van der Waals surface area contributed by atoms with E-state index in [1.165, 1.54) is 6.07 Å². The van der Waals surface area contributed by atoms with Crippen LogP contribution in [0.1, 0.15) is 25.3 Å². The Labute approximate surface area is 108 Å². The summed E-state index contributed by atoms with van der Waals surface area (Å²) >= 11 is 9.17. The zero-order valence-electron chi connectivity index (χ0n) is 8.73. The van der Waals surface area contributed by atoms with Gasteiger partial charge in [-0.1, -0.05) is 31.0 Å². The van der Waals surface area contributed by atoms with Gasteiger partial charge >= 0.3 is 0 Å². The Balaban J connectivity index is 3.17. The molecule has 0 aliphatic heterocycles. The molecule has 16 heavy (non-hydrogen) atoms. The molecule has 0 unspecified atom stereocenters. The van der Waals surface area contributed by atoms with Gasteiger partial charge in [0.25, 0.3) is 0 Å². The molecule has 0 bridgehead atoms. The van der Waals surface area contributed by atoms with Gasteiger partial charge in [0.1, 0.15) is 5.82 Å². The van der Waals surface area contributed by atoms with E-state index in [1.807, 2.05) is 6.92 Å². The van der Waals surface area contributed by atoms with Crippen LogP contribution >= 0.6 is 27.5 Å². The summed E-state index contributed by atoms with van der Waals surface area (Å²) in [5.41, 5.74) is 1.18. The second-order valence-electron chi connectivity index (χ2n) is 3.28. The molecule has 0 saturated carbocycles. The van der Waals surface area contributed by atoms with E-state index in [2.05, 4.69) is 22.0 Å². The van der Waals surface area contributed by atoms with Gasteiger partial charge in [0.2, 0.25) is 0 Å². The maximum atomic E-state index is 13.0. The molecule has 0 spiro atoms. The third kappa shape index (κ3) is 3.07. The minimum absolute atomic E-state index is 0.344. The highest BCUT2D eigenvalue weighted by molar-refractivity contribution is 9.10. The Morgan fingerprint density at radius 2 is 2.25 bits per heavy atom. The van der Waals surface area contributed by atoms with Crippen molar-refractivity contribution in [3.63, 3.8) is 0 Å². The summed E-state index contributed by atoms with van der Waals surface area (Å²) in [7, 11) is 0. The lowest BCUT2D eigenvalue weighted by molar-refractivity contribution is 0.621. The molecule has 0 N–H and O–H groups in total. The second kappa shape index (κ2) is 6.03. The fourth-order valence-corrected chi connectivity index (χ4v) is 1.90. The van der Waals surface area contributed by atoms with Gasteiger partial charge in [-0.25, -0.2) is 4.39 Å². The fraction of sp³-hybridized carbons (Fsp3) is 0.250. The van der Waals surface area contributed by atoms with E-state index < -0.39 is 0 Å². The van der Waals surface area contributed by atoms with Gasteiger partial charge in [-0.2, -0.15) is 5.26 Å². The van der Waals surface area contributed by atoms with Crippen molar-refractivity contribution in [1.29, 1.82) is 5.26 Å². The van der Waals surface area contributed by atoms with Crippen LogP contribution in [0.5, 0.6) is 0 Å². The van der Waals surface area contributed by atoms with Crippen molar-refractivity contribution in [3.8, 4) is 6.07 Å². The lowest BCUT2D eigenvalue weighted by atomic mass is 10.1. The van der Waals surface area contributed by atoms with Crippen LogP contribution in [0, 0.1) is 17.1 Å². The Hall–Kier alpha value is -0.850. The summed E-state index contributed by atoms with van der Waals surface area (Å²) < 4.78 is 13.4. The summed E-state index contributed by atoms with van der Waals surface area (Å²) in [4.78, 5) is 0. The highest BCUT2D eigenvalue weighted by Crippen LogP contribution is 2.28. The van der Waals surface area contributed by atoms with E-state index in [0.717, 1.165) is 6.42 Å². The van der Waals surface area contributed by atoms with Gasteiger partial charge in [-0.3, -0.25) is 0 Å². The number of nitrogens with zero attached hydrogens (tertiary/aromatic N) is 1.